The average Bonchev–Trinajstić information content (AvgIpc) is 2.85. The summed E-state index contributed by atoms with van der Waals surface area (Å²) in [5.74, 6) is -0.124. The zero-order valence-electron chi connectivity index (χ0n) is 12.0. The van der Waals surface area contributed by atoms with E-state index in [9.17, 15) is 4.79 Å². The summed E-state index contributed by atoms with van der Waals surface area (Å²) in [7, 11) is 0. The number of carbonyl (C=O) groups excluding carboxylic acids is 1. The summed E-state index contributed by atoms with van der Waals surface area (Å²) in [6.45, 7) is 2.26. The minimum atomic E-state index is -0.492. The number of hydrogen-bond acceptors (Lipinski definition) is 2. The van der Waals surface area contributed by atoms with Crippen LogP contribution in [0.25, 0.3) is 0 Å². The van der Waals surface area contributed by atoms with Gasteiger partial charge in [0, 0.05) is 22.0 Å². The molecule has 0 aliphatic heterocycles. The summed E-state index contributed by atoms with van der Waals surface area (Å²) in [5, 5.41) is 4.26. The van der Waals surface area contributed by atoms with Gasteiger partial charge >= 0.3 is 0 Å². The van der Waals surface area contributed by atoms with E-state index in [1.165, 1.54) is 0 Å². The van der Waals surface area contributed by atoms with Gasteiger partial charge in [-0.1, -0.05) is 42.1 Å². The fourth-order valence-corrected chi connectivity index (χ4v) is 3.54. The Morgan fingerprint density at radius 2 is 2.00 bits per heavy atom. The Labute approximate surface area is 142 Å². The molecule has 1 fully saturated rings. The summed E-state index contributed by atoms with van der Waals surface area (Å²) < 4.78 is 0. The molecule has 1 aromatic carbocycles. The highest BCUT2D eigenvalue weighted by molar-refractivity contribution is 6.35. The third kappa shape index (κ3) is 4.26. The maximum atomic E-state index is 11.7. The molecule has 3 N–H and O–H groups in total. The number of benzene rings is 1. The Bertz CT molecular complexity index is 500. The van der Waals surface area contributed by atoms with Crippen LogP contribution in [0.3, 0.4) is 0 Å². The van der Waals surface area contributed by atoms with Gasteiger partial charge in [-0.3, -0.25) is 4.79 Å². The van der Waals surface area contributed by atoms with Crippen LogP contribution in [-0.2, 0) is 10.2 Å². The van der Waals surface area contributed by atoms with Crippen molar-refractivity contribution < 1.29 is 4.79 Å². The van der Waals surface area contributed by atoms with Gasteiger partial charge in [-0.15, -0.1) is 12.4 Å². The molecule has 0 bridgehead atoms. The smallest absolute Gasteiger partial charge is 0.236 e. The topological polar surface area (TPSA) is 55.1 Å². The Morgan fingerprint density at radius 3 is 2.52 bits per heavy atom. The maximum Gasteiger partial charge on any atom is 0.236 e. The van der Waals surface area contributed by atoms with Crippen LogP contribution in [0.1, 0.15) is 38.2 Å². The molecule has 2 rings (SSSR count). The van der Waals surface area contributed by atoms with Crippen LogP contribution in [0.4, 0.5) is 0 Å². The zero-order valence-corrected chi connectivity index (χ0v) is 14.3. The van der Waals surface area contributed by atoms with Crippen molar-refractivity contribution in [3.63, 3.8) is 0 Å². The number of rotatable bonds is 4. The summed E-state index contributed by atoms with van der Waals surface area (Å²) in [6, 6.07) is 5.12. The van der Waals surface area contributed by atoms with Crippen molar-refractivity contribution >= 4 is 41.5 Å². The lowest BCUT2D eigenvalue weighted by molar-refractivity contribution is -0.122. The molecule has 0 aromatic heterocycles. The molecule has 1 amide bonds. The standard InChI is InChI=1S/C15H20Cl2N2O.ClH/c1-10(18)14(20)19-9-15(6-2-3-7-15)12-5-4-11(16)8-13(12)17;/h4-5,8,10H,2-3,6-7,9,18H2,1H3,(H,19,20);1H. The molecule has 1 atom stereocenters. The quantitative estimate of drug-likeness (QED) is 0.869. The second kappa shape index (κ2) is 7.68. The SMILES string of the molecule is CC(N)C(=O)NCC1(c2ccc(Cl)cc2Cl)CCCC1.Cl. The van der Waals surface area contributed by atoms with E-state index in [1.807, 2.05) is 12.1 Å². The molecule has 21 heavy (non-hydrogen) atoms. The third-order valence-electron chi connectivity index (χ3n) is 4.08. The Kier molecular flexibility index (Phi) is 6.79. The van der Waals surface area contributed by atoms with Crippen molar-refractivity contribution in [1.82, 2.24) is 5.32 Å². The van der Waals surface area contributed by atoms with E-state index in [0.717, 1.165) is 31.2 Å². The molecule has 0 heterocycles. The van der Waals surface area contributed by atoms with Crippen LogP contribution in [0.15, 0.2) is 18.2 Å². The van der Waals surface area contributed by atoms with Crippen LogP contribution < -0.4 is 11.1 Å². The molecule has 1 aromatic rings. The molecule has 0 spiro atoms. The van der Waals surface area contributed by atoms with Gasteiger partial charge in [-0.2, -0.15) is 0 Å². The second-order valence-electron chi connectivity index (χ2n) is 5.62. The van der Waals surface area contributed by atoms with E-state index >= 15 is 0 Å². The normalized spacial score (nSPS) is 17.9. The van der Waals surface area contributed by atoms with Crippen molar-refractivity contribution in [2.75, 3.05) is 6.54 Å². The predicted molar refractivity (Wildman–Crippen MR) is 90.5 cm³/mol. The fourth-order valence-electron chi connectivity index (χ4n) is 2.93. The van der Waals surface area contributed by atoms with Gasteiger partial charge in [-0.25, -0.2) is 0 Å². The summed E-state index contributed by atoms with van der Waals surface area (Å²) >= 11 is 12.3. The Morgan fingerprint density at radius 1 is 1.38 bits per heavy atom. The molecule has 118 valence electrons. The van der Waals surface area contributed by atoms with Crippen molar-refractivity contribution in [2.24, 2.45) is 5.73 Å². The van der Waals surface area contributed by atoms with Crippen LogP contribution in [0.2, 0.25) is 10.0 Å². The van der Waals surface area contributed by atoms with Gasteiger partial charge in [0.15, 0.2) is 0 Å². The van der Waals surface area contributed by atoms with Crippen LogP contribution in [-0.4, -0.2) is 18.5 Å². The first-order valence-corrected chi connectivity index (χ1v) is 7.69. The van der Waals surface area contributed by atoms with Gasteiger partial charge in [-0.05, 0) is 37.5 Å². The Hall–Kier alpha value is -0.480. The predicted octanol–water partition coefficient (Wildman–Crippen LogP) is 3.69. The van der Waals surface area contributed by atoms with E-state index in [1.54, 1.807) is 13.0 Å². The van der Waals surface area contributed by atoms with Crippen LogP contribution >= 0.6 is 35.6 Å². The Balaban J connectivity index is 0.00000220. The van der Waals surface area contributed by atoms with Gasteiger partial charge in [0.1, 0.15) is 0 Å². The molecular weight excluding hydrogens is 331 g/mol. The van der Waals surface area contributed by atoms with Gasteiger partial charge in [0.25, 0.3) is 0 Å². The molecule has 3 nitrogen and oxygen atoms in total. The van der Waals surface area contributed by atoms with E-state index in [4.69, 9.17) is 28.9 Å². The molecule has 1 unspecified atom stereocenters. The highest BCUT2D eigenvalue weighted by Gasteiger charge is 2.37. The number of hydrogen-bond donors (Lipinski definition) is 2. The fraction of sp³-hybridized carbons (Fsp3) is 0.533. The second-order valence-corrected chi connectivity index (χ2v) is 6.46. The molecular formula is C15H21Cl3N2O. The maximum absolute atomic E-state index is 11.7. The minimum absolute atomic E-state index is 0. The van der Waals surface area contributed by atoms with Crippen LogP contribution in [0, 0.1) is 0 Å². The minimum Gasteiger partial charge on any atom is -0.354 e. The lowest BCUT2D eigenvalue weighted by Crippen LogP contribution is -2.45. The summed E-state index contributed by atoms with van der Waals surface area (Å²) in [6.07, 6.45) is 4.33. The molecule has 1 saturated carbocycles. The molecule has 0 saturated heterocycles. The van der Waals surface area contributed by atoms with E-state index < -0.39 is 6.04 Å². The first-order valence-electron chi connectivity index (χ1n) is 6.93. The third-order valence-corrected chi connectivity index (χ3v) is 4.63. The highest BCUT2D eigenvalue weighted by Crippen LogP contribution is 2.43. The van der Waals surface area contributed by atoms with Gasteiger partial charge in [0.2, 0.25) is 5.91 Å². The molecule has 0 radical (unpaired) electrons. The lowest BCUT2D eigenvalue weighted by atomic mass is 9.78. The lowest BCUT2D eigenvalue weighted by Gasteiger charge is -2.31. The van der Waals surface area contributed by atoms with E-state index in [0.29, 0.717) is 16.6 Å². The summed E-state index contributed by atoms with van der Waals surface area (Å²) in [4.78, 5) is 11.7. The number of nitrogens with two attached hydrogens (primary N) is 1. The average molecular weight is 352 g/mol. The van der Waals surface area contributed by atoms with Crippen molar-refractivity contribution in [2.45, 2.75) is 44.1 Å². The first-order chi connectivity index (χ1) is 9.44. The van der Waals surface area contributed by atoms with Gasteiger partial charge < -0.3 is 11.1 Å². The van der Waals surface area contributed by atoms with E-state index in [2.05, 4.69) is 5.32 Å². The highest BCUT2D eigenvalue weighted by atomic mass is 35.5. The van der Waals surface area contributed by atoms with E-state index in [-0.39, 0.29) is 23.7 Å². The van der Waals surface area contributed by atoms with Crippen molar-refractivity contribution in [1.29, 1.82) is 0 Å². The van der Waals surface area contributed by atoms with Gasteiger partial charge in [0.05, 0.1) is 6.04 Å². The first kappa shape index (κ1) is 18.6. The molecule has 6 heteroatoms. The molecule has 1 aliphatic rings. The number of nitrogens with one attached hydrogen (secondary N) is 1. The van der Waals surface area contributed by atoms with Crippen LogP contribution in [0.5, 0.6) is 0 Å². The van der Waals surface area contributed by atoms with Crippen molar-refractivity contribution in [3.8, 4) is 0 Å². The molecule has 1 aliphatic carbocycles. The number of carbonyl (C=O) groups is 1. The van der Waals surface area contributed by atoms with Crippen molar-refractivity contribution in [3.05, 3.63) is 33.8 Å². The largest absolute Gasteiger partial charge is 0.354 e. The number of amides is 1. The summed E-state index contributed by atoms with van der Waals surface area (Å²) in [5.41, 5.74) is 6.58. The monoisotopic (exact) mass is 350 g/mol. The zero-order chi connectivity index (χ0) is 14.8. The number of halogens is 3.